The maximum atomic E-state index is 15.1. The third-order valence-electron chi connectivity index (χ3n) is 8.54. The van der Waals surface area contributed by atoms with Crippen LogP contribution in [0.25, 0.3) is 11.1 Å². The van der Waals surface area contributed by atoms with Crippen LogP contribution in [-0.2, 0) is 35.6 Å². The number of aliphatic carboxylic acids is 1. The molecule has 2 aliphatic heterocycles. The molecule has 2 aliphatic rings. The van der Waals surface area contributed by atoms with Gasteiger partial charge in [-0.25, -0.2) is 13.6 Å². The number of anilines is 1. The van der Waals surface area contributed by atoms with Crippen LogP contribution in [0.4, 0.5) is 40.8 Å². The molecule has 1 saturated heterocycles. The lowest BCUT2D eigenvalue weighted by Crippen LogP contribution is -2.53. The Bertz CT molecular complexity index is 1830. The SMILES string of the molecule is Cc1cc(C(F)(F)F)c(-c2ccc(CC(NC(=O)c3c(F)cc(N4CCOC[C@@H]4C(F)(F)F)cc3F)C(=O)O)c3c2OCCC3)c(=O)n1C. The van der Waals surface area contributed by atoms with Crippen molar-refractivity contribution in [1.82, 2.24) is 9.88 Å². The number of benzene rings is 2. The molecule has 0 aliphatic carbocycles. The fraction of sp³-hybridized carbons (Fsp3) is 0.406. The van der Waals surface area contributed by atoms with Gasteiger partial charge in [0.1, 0.15) is 35.0 Å². The highest BCUT2D eigenvalue weighted by Gasteiger charge is 2.46. The van der Waals surface area contributed by atoms with Crippen molar-refractivity contribution in [3.63, 3.8) is 0 Å². The van der Waals surface area contributed by atoms with E-state index in [2.05, 4.69) is 0 Å². The second-order valence-corrected chi connectivity index (χ2v) is 11.6. The number of carboxylic acids is 1. The molecule has 9 nitrogen and oxygen atoms in total. The van der Waals surface area contributed by atoms with Crippen LogP contribution < -0.4 is 20.5 Å². The fourth-order valence-corrected chi connectivity index (χ4v) is 6.00. The van der Waals surface area contributed by atoms with Gasteiger partial charge in [0.15, 0.2) is 0 Å². The van der Waals surface area contributed by atoms with Gasteiger partial charge in [0.05, 0.1) is 30.9 Å². The molecule has 2 aromatic carbocycles. The van der Waals surface area contributed by atoms with Crippen LogP contribution in [0.3, 0.4) is 0 Å². The number of alkyl halides is 6. The second kappa shape index (κ2) is 13.3. The van der Waals surface area contributed by atoms with Crippen molar-refractivity contribution in [1.29, 1.82) is 0 Å². The third kappa shape index (κ3) is 7.07. The minimum atomic E-state index is -4.91. The zero-order valence-corrected chi connectivity index (χ0v) is 25.9. The summed E-state index contributed by atoms with van der Waals surface area (Å²) in [5.41, 5.74) is -4.15. The fourth-order valence-electron chi connectivity index (χ4n) is 6.00. The van der Waals surface area contributed by atoms with Crippen LogP contribution in [0, 0.1) is 18.6 Å². The normalized spacial score (nSPS) is 17.3. The zero-order valence-electron chi connectivity index (χ0n) is 25.9. The van der Waals surface area contributed by atoms with Gasteiger partial charge in [-0.05, 0) is 49.1 Å². The molecule has 264 valence electrons. The zero-order chi connectivity index (χ0) is 36.0. The van der Waals surface area contributed by atoms with Crippen LogP contribution in [0.1, 0.15) is 39.2 Å². The van der Waals surface area contributed by atoms with Crippen molar-refractivity contribution >= 4 is 17.6 Å². The van der Waals surface area contributed by atoms with Gasteiger partial charge < -0.3 is 29.4 Å². The van der Waals surface area contributed by atoms with E-state index in [1.807, 2.05) is 5.32 Å². The smallest absolute Gasteiger partial charge is 0.417 e. The van der Waals surface area contributed by atoms with E-state index < -0.39 is 88.9 Å². The van der Waals surface area contributed by atoms with Crippen LogP contribution in [0.15, 0.2) is 35.1 Å². The summed E-state index contributed by atoms with van der Waals surface area (Å²) in [7, 11) is 1.31. The standard InChI is InChI=1S/C32H29F8N3O6/c1-15-10-20(31(35,36)37)25(29(45)42(15)2)19-6-5-16(18-4-3-8-49-27(18)19)11-23(30(46)47)41-28(44)26-21(33)12-17(13-22(26)34)43-7-9-48-14-24(43)32(38,39)40/h5-6,10,12-13,23-24H,3-4,7-9,11,14H2,1-2H3,(H,41,44)(H,46,47)/t23?,24-/m1/s1. The molecule has 2 N–H and O–H groups in total. The third-order valence-corrected chi connectivity index (χ3v) is 8.54. The maximum Gasteiger partial charge on any atom is 0.417 e. The van der Waals surface area contributed by atoms with E-state index >= 15 is 8.78 Å². The Balaban J connectivity index is 1.47. The topological polar surface area (TPSA) is 110 Å². The molecule has 0 bridgehead atoms. The summed E-state index contributed by atoms with van der Waals surface area (Å²) in [5, 5.41) is 11.9. The van der Waals surface area contributed by atoms with Crippen LogP contribution >= 0.6 is 0 Å². The van der Waals surface area contributed by atoms with Crippen molar-refractivity contribution in [2.45, 2.75) is 50.6 Å². The van der Waals surface area contributed by atoms with Crippen molar-refractivity contribution in [3.8, 4) is 16.9 Å². The number of fused-ring (bicyclic) bond motifs is 1. The monoisotopic (exact) mass is 703 g/mol. The van der Waals surface area contributed by atoms with Crippen LogP contribution in [-0.4, -0.2) is 66.2 Å². The first-order valence-corrected chi connectivity index (χ1v) is 14.9. The summed E-state index contributed by atoms with van der Waals surface area (Å²) in [6.07, 6.45) is -9.62. The Kier molecular flexibility index (Phi) is 9.69. The Morgan fingerprint density at radius 2 is 1.73 bits per heavy atom. The van der Waals surface area contributed by atoms with E-state index in [1.54, 1.807) is 0 Å². The summed E-state index contributed by atoms with van der Waals surface area (Å²) in [6.45, 7) is 0.141. The van der Waals surface area contributed by atoms with Crippen molar-refractivity contribution in [3.05, 3.63) is 80.3 Å². The molecule has 3 aromatic rings. The maximum absolute atomic E-state index is 15.1. The Labute approximate surface area is 273 Å². The number of hydrogen-bond donors (Lipinski definition) is 2. The number of rotatable bonds is 7. The minimum absolute atomic E-state index is 0.0571. The summed E-state index contributed by atoms with van der Waals surface area (Å²) < 4.78 is 125. The first-order valence-electron chi connectivity index (χ1n) is 14.9. The average molecular weight is 704 g/mol. The minimum Gasteiger partial charge on any atom is -0.493 e. The number of morpholine rings is 1. The van der Waals surface area contributed by atoms with Crippen LogP contribution in [0.2, 0.25) is 0 Å². The molecule has 0 spiro atoms. The number of halogens is 8. The molecule has 1 fully saturated rings. The summed E-state index contributed by atoms with van der Waals surface area (Å²) in [4.78, 5) is 39.1. The molecule has 5 rings (SSSR count). The number of hydrogen-bond acceptors (Lipinski definition) is 6. The lowest BCUT2D eigenvalue weighted by molar-refractivity contribution is -0.167. The number of nitrogens with zero attached hydrogens (tertiary/aromatic N) is 2. The van der Waals surface area contributed by atoms with Gasteiger partial charge in [-0.15, -0.1) is 0 Å². The number of aryl methyl sites for hydroxylation is 1. The van der Waals surface area contributed by atoms with Gasteiger partial charge in [-0.1, -0.05) is 12.1 Å². The van der Waals surface area contributed by atoms with Gasteiger partial charge in [0, 0.05) is 37.0 Å². The summed E-state index contributed by atoms with van der Waals surface area (Å²) >= 11 is 0. The summed E-state index contributed by atoms with van der Waals surface area (Å²) in [5.74, 6) is -6.30. The molecule has 17 heteroatoms. The second-order valence-electron chi connectivity index (χ2n) is 11.6. The highest BCUT2D eigenvalue weighted by molar-refractivity contribution is 5.97. The van der Waals surface area contributed by atoms with E-state index in [9.17, 15) is 45.8 Å². The largest absolute Gasteiger partial charge is 0.493 e. The molecule has 1 aromatic heterocycles. The quantitative estimate of drug-likeness (QED) is 0.327. The highest BCUT2D eigenvalue weighted by atomic mass is 19.4. The molecule has 2 atom stereocenters. The summed E-state index contributed by atoms with van der Waals surface area (Å²) in [6, 6.07) is 0.347. The number of carboxylic acid groups (broad SMARTS) is 1. The van der Waals surface area contributed by atoms with E-state index in [-0.39, 0.29) is 54.3 Å². The first kappa shape index (κ1) is 35.6. The lowest BCUT2D eigenvalue weighted by Gasteiger charge is -2.38. The van der Waals surface area contributed by atoms with Crippen molar-refractivity contribution < 1.29 is 59.3 Å². The average Bonchev–Trinajstić information content (AvgIpc) is 3.02. The number of ether oxygens (including phenoxy) is 2. The Morgan fingerprint density at radius 1 is 1.06 bits per heavy atom. The first-order chi connectivity index (χ1) is 22.9. The van der Waals surface area contributed by atoms with Gasteiger partial charge in [-0.3, -0.25) is 9.59 Å². The van der Waals surface area contributed by atoms with Crippen LogP contribution in [0.5, 0.6) is 5.75 Å². The predicted octanol–water partition coefficient (Wildman–Crippen LogP) is 5.18. The molecule has 0 radical (unpaired) electrons. The molecule has 1 amide bonds. The van der Waals surface area contributed by atoms with E-state index in [1.165, 1.54) is 26.1 Å². The van der Waals surface area contributed by atoms with Gasteiger partial charge in [0.25, 0.3) is 11.5 Å². The van der Waals surface area contributed by atoms with Gasteiger partial charge in [0.2, 0.25) is 0 Å². The molecule has 1 unspecified atom stereocenters. The number of nitrogens with one attached hydrogen (secondary N) is 1. The van der Waals surface area contributed by atoms with E-state index in [0.717, 1.165) is 10.6 Å². The number of aromatic nitrogens is 1. The Hall–Kier alpha value is -4.67. The van der Waals surface area contributed by atoms with Gasteiger partial charge in [-0.2, -0.15) is 26.3 Å². The lowest BCUT2D eigenvalue weighted by atomic mass is 9.89. The van der Waals surface area contributed by atoms with E-state index in [4.69, 9.17) is 9.47 Å². The number of carbonyl (C=O) groups excluding carboxylic acids is 1. The van der Waals surface area contributed by atoms with E-state index in [0.29, 0.717) is 23.5 Å². The van der Waals surface area contributed by atoms with Crippen molar-refractivity contribution in [2.24, 2.45) is 7.05 Å². The predicted molar refractivity (Wildman–Crippen MR) is 158 cm³/mol. The molecular weight excluding hydrogens is 674 g/mol. The number of carbonyl (C=O) groups is 2. The molecular formula is C32H29F8N3O6. The highest BCUT2D eigenvalue weighted by Crippen LogP contribution is 2.43. The number of pyridine rings is 1. The Morgan fingerprint density at radius 3 is 2.35 bits per heavy atom. The van der Waals surface area contributed by atoms with Gasteiger partial charge >= 0.3 is 18.3 Å². The molecule has 49 heavy (non-hydrogen) atoms. The molecule has 0 saturated carbocycles. The number of amides is 1. The molecule has 3 heterocycles. The van der Waals surface area contributed by atoms with Crippen molar-refractivity contribution in [2.75, 3.05) is 31.3 Å².